The first-order chi connectivity index (χ1) is 4.50. The molecule has 1 heterocycles. The number of nitrogen functional groups attached to an aromatic ring is 1. The summed E-state index contributed by atoms with van der Waals surface area (Å²) in [5.74, 6) is 5.12. The minimum atomic E-state index is -3.19. The second-order valence-electron chi connectivity index (χ2n) is 1.91. The second kappa shape index (κ2) is 1.98. The van der Waals surface area contributed by atoms with Gasteiger partial charge >= 0.3 is 0 Å². The summed E-state index contributed by atoms with van der Waals surface area (Å²) in [6, 6.07) is 1.34. The van der Waals surface area contributed by atoms with Gasteiger partial charge in [0.05, 0.1) is 0 Å². The van der Waals surface area contributed by atoms with Crippen molar-refractivity contribution in [1.29, 1.82) is 0 Å². The van der Waals surface area contributed by atoms with Crippen LogP contribution in [0.4, 0.5) is 0 Å². The van der Waals surface area contributed by atoms with Crippen molar-refractivity contribution in [3.63, 3.8) is 0 Å². The third kappa shape index (κ3) is 1.27. The Labute approximate surface area is 58.3 Å². The van der Waals surface area contributed by atoms with Crippen molar-refractivity contribution in [3.8, 4) is 0 Å². The molecule has 0 amide bonds. The highest BCUT2D eigenvalue weighted by molar-refractivity contribution is 7.90. The normalized spacial score (nSPS) is 11.7. The van der Waals surface area contributed by atoms with Crippen molar-refractivity contribution in [2.45, 2.75) is 5.03 Å². The molecule has 0 aliphatic heterocycles. The van der Waals surface area contributed by atoms with E-state index in [-0.39, 0.29) is 5.03 Å². The van der Waals surface area contributed by atoms with Crippen LogP contribution in [0.25, 0.3) is 0 Å². The van der Waals surface area contributed by atoms with Crippen LogP contribution < -0.4 is 5.84 Å². The van der Waals surface area contributed by atoms with Crippen molar-refractivity contribution in [2.24, 2.45) is 0 Å². The van der Waals surface area contributed by atoms with Gasteiger partial charge in [0.15, 0.2) is 14.9 Å². The lowest BCUT2D eigenvalue weighted by atomic mass is 10.8. The van der Waals surface area contributed by atoms with Gasteiger partial charge in [-0.1, -0.05) is 0 Å². The van der Waals surface area contributed by atoms with E-state index in [9.17, 15) is 8.42 Å². The van der Waals surface area contributed by atoms with Crippen LogP contribution in [0.1, 0.15) is 0 Å². The molecule has 0 aliphatic carbocycles. The molecule has 10 heavy (non-hydrogen) atoms. The van der Waals surface area contributed by atoms with Gasteiger partial charge < -0.3 is 5.84 Å². The quantitative estimate of drug-likeness (QED) is 0.536. The molecule has 1 aromatic rings. The van der Waals surface area contributed by atoms with Crippen molar-refractivity contribution in [2.75, 3.05) is 12.1 Å². The van der Waals surface area contributed by atoms with E-state index in [1.165, 1.54) is 12.3 Å². The Morgan fingerprint density at radius 1 is 1.70 bits per heavy atom. The van der Waals surface area contributed by atoms with Gasteiger partial charge in [0, 0.05) is 12.5 Å². The Morgan fingerprint density at radius 2 is 2.30 bits per heavy atom. The molecule has 0 fully saturated rings. The van der Waals surface area contributed by atoms with Crippen LogP contribution in [-0.2, 0) is 9.84 Å². The summed E-state index contributed by atoms with van der Waals surface area (Å²) in [5.41, 5.74) is 0. The monoisotopic (exact) mass is 161 g/mol. The highest BCUT2D eigenvalue weighted by Gasteiger charge is 2.08. The summed E-state index contributed by atoms with van der Waals surface area (Å²) in [6.45, 7) is 0. The number of nitrogens with two attached hydrogens (primary N) is 1. The zero-order chi connectivity index (χ0) is 7.78. The summed E-state index contributed by atoms with van der Waals surface area (Å²) in [6.07, 6.45) is 2.45. The van der Waals surface area contributed by atoms with Crippen molar-refractivity contribution in [3.05, 3.63) is 12.3 Å². The molecule has 0 radical (unpaired) electrons. The molecule has 1 aromatic heterocycles. The Morgan fingerprint density at radius 3 is 2.50 bits per heavy atom. The van der Waals surface area contributed by atoms with Gasteiger partial charge in [-0.05, 0) is 6.07 Å². The third-order valence-corrected chi connectivity index (χ3v) is 1.94. The molecule has 1 rings (SSSR count). The predicted molar refractivity (Wildman–Crippen MR) is 35.5 cm³/mol. The molecule has 0 saturated heterocycles. The summed E-state index contributed by atoms with van der Waals surface area (Å²) in [7, 11) is -3.19. The molecule has 56 valence electrons. The van der Waals surface area contributed by atoms with Gasteiger partial charge in [-0.3, -0.25) is 0 Å². The largest absolute Gasteiger partial charge is 0.323 e. The average molecular weight is 161 g/mol. The summed E-state index contributed by atoms with van der Waals surface area (Å²) < 4.78 is 21.4. The Balaban J connectivity index is 3.21. The maximum Gasteiger partial charge on any atom is 0.194 e. The predicted octanol–water partition coefficient (Wildman–Crippen LogP) is -1.000. The molecule has 5 nitrogen and oxygen atoms in total. The van der Waals surface area contributed by atoms with E-state index in [2.05, 4.69) is 5.10 Å². The van der Waals surface area contributed by atoms with Crippen molar-refractivity contribution >= 4 is 9.84 Å². The zero-order valence-electron chi connectivity index (χ0n) is 5.35. The van der Waals surface area contributed by atoms with Gasteiger partial charge in [-0.15, -0.1) is 5.10 Å². The standard InChI is InChI=1S/C4H7N3O2S/c1-10(8,9)4-2-3-7(5)6-4/h2-3H,5H2,1H3. The van der Waals surface area contributed by atoms with Gasteiger partial charge in [0.25, 0.3) is 0 Å². The molecule has 0 aromatic carbocycles. The fourth-order valence-electron chi connectivity index (χ4n) is 0.518. The SMILES string of the molecule is CS(=O)(=O)c1ccn(N)n1. The molecule has 0 bridgehead atoms. The molecule has 0 aliphatic rings. The molecule has 0 unspecified atom stereocenters. The summed E-state index contributed by atoms with van der Waals surface area (Å²) >= 11 is 0. The number of sulfone groups is 1. The van der Waals surface area contributed by atoms with E-state index in [1.54, 1.807) is 0 Å². The molecule has 0 atom stereocenters. The summed E-state index contributed by atoms with van der Waals surface area (Å²) in [4.78, 5) is 0.955. The van der Waals surface area contributed by atoms with E-state index >= 15 is 0 Å². The highest BCUT2D eigenvalue weighted by atomic mass is 32.2. The van der Waals surface area contributed by atoms with Gasteiger partial charge in [-0.25, -0.2) is 8.42 Å². The first kappa shape index (κ1) is 7.07. The lowest BCUT2D eigenvalue weighted by Gasteiger charge is -1.87. The summed E-state index contributed by atoms with van der Waals surface area (Å²) in [5, 5.41) is 3.48. The van der Waals surface area contributed by atoms with E-state index in [0.29, 0.717) is 0 Å². The maximum absolute atomic E-state index is 10.7. The molecular formula is C4H7N3O2S. The first-order valence-electron chi connectivity index (χ1n) is 2.51. The number of rotatable bonds is 1. The van der Waals surface area contributed by atoms with Crippen LogP contribution in [0.3, 0.4) is 0 Å². The molecule has 6 heteroatoms. The second-order valence-corrected chi connectivity index (χ2v) is 3.87. The van der Waals surface area contributed by atoms with E-state index in [1.807, 2.05) is 0 Å². The van der Waals surface area contributed by atoms with Crippen LogP contribution in [0, 0.1) is 0 Å². The number of hydrogen-bond acceptors (Lipinski definition) is 4. The minimum Gasteiger partial charge on any atom is -0.323 e. The Kier molecular flexibility index (Phi) is 1.40. The van der Waals surface area contributed by atoms with Crippen LogP contribution in [0.2, 0.25) is 0 Å². The Hall–Kier alpha value is -1.04. The first-order valence-corrected chi connectivity index (χ1v) is 4.40. The fraction of sp³-hybridized carbons (Fsp3) is 0.250. The van der Waals surface area contributed by atoms with E-state index in [4.69, 9.17) is 5.84 Å². The lowest BCUT2D eigenvalue weighted by molar-refractivity contribution is 0.595. The van der Waals surface area contributed by atoms with Crippen LogP contribution in [0.5, 0.6) is 0 Å². The van der Waals surface area contributed by atoms with Crippen LogP contribution in [0.15, 0.2) is 17.3 Å². The topological polar surface area (TPSA) is 78.0 Å². The number of hydrogen-bond donors (Lipinski definition) is 1. The highest BCUT2D eigenvalue weighted by Crippen LogP contribution is 2.01. The average Bonchev–Trinajstić information content (AvgIpc) is 2.11. The van der Waals surface area contributed by atoms with Crippen LogP contribution in [-0.4, -0.2) is 24.6 Å². The number of aromatic nitrogens is 2. The zero-order valence-corrected chi connectivity index (χ0v) is 6.17. The molecule has 2 N–H and O–H groups in total. The molecular weight excluding hydrogens is 154 g/mol. The minimum absolute atomic E-state index is 0.00463. The van der Waals surface area contributed by atoms with Crippen LogP contribution >= 0.6 is 0 Å². The maximum atomic E-state index is 10.7. The third-order valence-electron chi connectivity index (χ3n) is 0.964. The van der Waals surface area contributed by atoms with E-state index in [0.717, 1.165) is 11.0 Å². The molecule has 0 spiro atoms. The lowest BCUT2D eigenvalue weighted by Crippen LogP contribution is -2.09. The van der Waals surface area contributed by atoms with E-state index < -0.39 is 9.84 Å². The fourth-order valence-corrected chi connectivity index (χ4v) is 1.07. The van der Waals surface area contributed by atoms with Gasteiger partial charge in [-0.2, -0.15) is 4.79 Å². The van der Waals surface area contributed by atoms with Gasteiger partial charge in [0.2, 0.25) is 0 Å². The van der Waals surface area contributed by atoms with Gasteiger partial charge in [0.1, 0.15) is 0 Å². The smallest absolute Gasteiger partial charge is 0.194 e. The van der Waals surface area contributed by atoms with Crippen molar-refractivity contribution in [1.82, 2.24) is 9.89 Å². The molecule has 0 saturated carbocycles. The number of nitrogens with zero attached hydrogens (tertiary/aromatic N) is 2. The Bertz CT molecular complexity index is 326. The van der Waals surface area contributed by atoms with Crippen molar-refractivity contribution < 1.29 is 8.42 Å².